The van der Waals surface area contributed by atoms with Crippen LogP contribution >= 0.6 is 11.6 Å². The molecule has 0 saturated heterocycles. The van der Waals surface area contributed by atoms with Gasteiger partial charge in [0.15, 0.2) is 0 Å². The summed E-state index contributed by atoms with van der Waals surface area (Å²) in [5.74, 6) is 0.597. The molecule has 0 unspecified atom stereocenters. The van der Waals surface area contributed by atoms with Crippen LogP contribution in [0.15, 0.2) is 95.9 Å². The van der Waals surface area contributed by atoms with Gasteiger partial charge in [-0.25, -0.2) is 4.98 Å². The molecule has 0 bridgehead atoms. The lowest BCUT2D eigenvalue weighted by Crippen LogP contribution is -2.21. The smallest absolute Gasteiger partial charge is 0.266 e. The van der Waals surface area contributed by atoms with Gasteiger partial charge in [0, 0.05) is 29.5 Å². The molecule has 5 aromatic rings. The first-order valence-corrected chi connectivity index (χ1v) is 9.99. The molecule has 0 saturated carbocycles. The summed E-state index contributed by atoms with van der Waals surface area (Å²) in [5, 5.41) is 1.20. The van der Waals surface area contributed by atoms with Crippen molar-refractivity contribution in [3.8, 4) is 28.3 Å². The molecule has 0 spiro atoms. The number of hydrogen-bond donors (Lipinski definition) is 0. The highest BCUT2D eigenvalue weighted by molar-refractivity contribution is 6.30. The van der Waals surface area contributed by atoms with Crippen molar-refractivity contribution in [3.63, 3.8) is 0 Å². The lowest BCUT2D eigenvalue weighted by molar-refractivity contribution is 0.937. The van der Waals surface area contributed by atoms with Gasteiger partial charge in [0.1, 0.15) is 5.82 Å². The molecular formula is C25H18ClN3O. The third-order valence-electron chi connectivity index (χ3n) is 5.24. The molecule has 0 amide bonds. The Morgan fingerprint density at radius 3 is 2.20 bits per heavy atom. The van der Waals surface area contributed by atoms with Crippen LogP contribution in [-0.4, -0.2) is 14.1 Å². The van der Waals surface area contributed by atoms with E-state index in [9.17, 15) is 4.79 Å². The van der Waals surface area contributed by atoms with Gasteiger partial charge < -0.3 is 4.57 Å². The Labute approximate surface area is 178 Å². The number of hydrogen-bond acceptors (Lipinski definition) is 2. The molecule has 2 heterocycles. The molecule has 0 aliphatic rings. The fourth-order valence-electron chi connectivity index (χ4n) is 3.71. The Morgan fingerprint density at radius 2 is 1.50 bits per heavy atom. The van der Waals surface area contributed by atoms with E-state index < -0.39 is 0 Å². The van der Waals surface area contributed by atoms with E-state index in [1.807, 2.05) is 61.8 Å². The SMILES string of the molecule is Cn1cccc1-c1ccc(-c2nc3ccccc3c(=O)n2-c2ccc(Cl)cc2)cc1. The van der Waals surface area contributed by atoms with Gasteiger partial charge in [0.25, 0.3) is 5.56 Å². The van der Waals surface area contributed by atoms with Gasteiger partial charge in [0.05, 0.1) is 16.6 Å². The van der Waals surface area contributed by atoms with E-state index in [0.717, 1.165) is 22.5 Å². The number of aryl methyl sites for hydroxylation is 1. The number of nitrogens with zero attached hydrogens (tertiary/aromatic N) is 3. The fraction of sp³-hybridized carbons (Fsp3) is 0.0400. The maximum Gasteiger partial charge on any atom is 0.266 e. The molecule has 3 aromatic carbocycles. The average molecular weight is 412 g/mol. The molecule has 2 aromatic heterocycles. The van der Waals surface area contributed by atoms with Crippen molar-refractivity contribution in [3.05, 3.63) is 107 Å². The van der Waals surface area contributed by atoms with Crippen molar-refractivity contribution in [2.45, 2.75) is 0 Å². The largest absolute Gasteiger partial charge is 0.351 e. The molecule has 5 heteroatoms. The van der Waals surface area contributed by atoms with E-state index >= 15 is 0 Å². The fourth-order valence-corrected chi connectivity index (χ4v) is 3.83. The molecule has 0 fully saturated rings. The zero-order valence-corrected chi connectivity index (χ0v) is 17.0. The Bertz CT molecular complexity index is 1410. The highest BCUT2D eigenvalue weighted by Gasteiger charge is 2.15. The number of rotatable bonds is 3. The van der Waals surface area contributed by atoms with Crippen LogP contribution in [0.2, 0.25) is 5.02 Å². The average Bonchev–Trinajstić information content (AvgIpc) is 3.20. The van der Waals surface area contributed by atoms with Crippen molar-refractivity contribution in [2.75, 3.05) is 0 Å². The topological polar surface area (TPSA) is 39.8 Å². The van der Waals surface area contributed by atoms with Crippen LogP contribution in [0, 0.1) is 0 Å². The van der Waals surface area contributed by atoms with Gasteiger partial charge in [-0.15, -0.1) is 0 Å². The minimum atomic E-state index is -0.107. The Balaban J connectivity index is 1.73. The second-order valence-electron chi connectivity index (χ2n) is 7.15. The molecule has 0 radical (unpaired) electrons. The van der Waals surface area contributed by atoms with E-state index in [1.54, 1.807) is 22.8 Å². The second kappa shape index (κ2) is 7.32. The Hall–Kier alpha value is -3.63. The van der Waals surface area contributed by atoms with Crippen LogP contribution in [0.3, 0.4) is 0 Å². The van der Waals surface area contributed by atoms with Crippen LogP contribution in [-0.2, 0) is 7.05 Å². The van der Waals surface area contributed by atoms with Gasteiger partial charge in [-0.05, 0) is 54.1 Å². The molecule has 4 nitrogen and oxygen atoms in total. The van der Waals surface area contributed by atoms with Gasteiger partial charge in [-0.1, -0.05) is 48.0 Å². The lowest BCUT2D eigenvalue weighted by Gasteiger charge is -2.14. The minimum Gasteiger partial charge on any atom is -0.351 e. The molecule has 30 heavy (non-hydrogen) atoms. The third-order valence-corrected chi connectivity index (χ3v) is 5.50. The second-order valence-corrected chi connectivity index (χ2v) is 7.59. The summed E-state index contributed by atoms with van der Waals surface area (Å²) in [4.78, 5) is 18.2. The highest BCUT2D eigenvalue weighted by Crippen LogP contribution is 2.26. The molecular weight excluding hydrogens is 394 g/mol. The van der Waals surface area contributed by atoms with E-state index in [-0.39, 0.29) is 5.56 Å². The van der Waals surface area contributed by atoms with E-state index in [2.05, 4.69) is 22.8 Å². The highest BCUT2D eigenvalue weighted by atomic mass is 35.5. The molecule has 146 valence electrons. The van der Waals surface area contributed by atoms with Gasteiger partial charge in [-0.2, -0.15) is 0 Å². The molecule has 0 aliphatic carbocycles. The summed E-state index contributed by atoms with van der Waals surface area (Å²) in [7, 11) is 2.02. The van der Waals surface area contributed by atoms with Crippen LogP contribution < -0.4 is 5.56 Å². The zero-order valence-electron chi connectivity index (χ0n) is 16.3. The Kier molecular flexibility index (Phi) is 4.49. The summed E-state index contributed by atoms with van der Waals surface area (Å²) in [5.41, 5.74) is 4.39. The van der Waals surface area contributed by atoms with Crippen molar-refractivity contribution in [1.29, 1.82) is 0 Å². The lowest BCUT2D eigenvalue weighted by atomic mass is 10.1. The van der Waals surface area contributed by atoms with Crippen molar-refractivity contribution in [1.82, 2.24) is 14.1 Å². The van der Waals surface area contributed by atoms with Crippen LogP contribution in [0.1, 0.15) is 0 Å². The van der Waals surface area contributed by atoms with Crippen LogP contribution in [0.5, 0.6) is 0 Å². The number of fused-ring (bicyclic) bond motifs is 1. The summed E-state index contributed by atoms with van der Waals surface area (Å²) >= 11 is 6.06. The maximum absolute atomic E-state index is 13.4. The van der Waals surface area contributed by atoms with E-state index in [4.69, 9.17) is 16.6 Å². The number of aromatic nitrogens is 3. The minimum absolute atomic E-state index is 0.107. The number of halogens is 1. The van der Waals surface area contributed by atoms with Gasteiger partial charge in [-0.3, -0.25) is 9.36 Å². The zero-order chi connectivity index (χ0) is 20.7. The monoisotopic (exact) mass is 411 g/mol. The molecule has 0 atom stereocenters. The molecule has 0 N–H and O–H groups in total. The van der Waals surface area contributed by atoms with Crippen molar-refractivity contribution >= 4 is 22.5 Å². The summed E-state index contributed by atoms with van der Waals surface area (Å²) in [6.45, 7) is 0. The standard InChI is InChI=1S/C25H18ClN3O/c1-28-16-4-7-23(28)17-8-10-18(11-9-17)24-27-22-6-3-2-5-21(22)25(30)29(24)20-14-12-19(26)13-15-20/h2-16H,1H3. The first-order valence-electron chi connectivity index (χ1n) is 9.62. The molecule has 0 aliphatic heterocycles. The van der Waals surface area contributed by atoms with E-state index in [1.165, 1.54) is 0 Å². The van der Waals surface area contributed by atoms with Crippen molar-refractivity contribution < 1.29 is 0 Å². The maximum atomic E-state index is 13.4. The number of benzene rings is 3. The number of para-hydroxylation sites is 1. The van der Waals surface area contributed by atoms with Crippen LogP contribution in [0.25, 0.3) is 39.2 Å². The molecule has 5 rings (SSSR count). The van der Waals surface area contributed by atoms with Gasteiger partial charge in [0.2, 0.25) is 0 Å². The van der Waals surface area contributed by atoms with Crippen molar-refractivity contribution in [2.24, 2.45) is 7.05 Å². The first kappa shape index (κ1) is 18.4. The normalized spacial score (nSPS) is 11.1. The summed E-state index contributed by atoms with van der Waals surface area (Å²) in [6, 6.07) is 26.9. The first-order chi connectivity index (χ1) is 14.6. The Morgan fingerprint density at radius 1 is 0.800 bits per heavy atom. The summed E-state index contributed by atoms with van der Waals surface area (Å²) in [6.07, 6.45) is 2.02. The van der Waals surface area contributed by atoms with E-state index in [0.29, 0.717) is 21.7 Å². The van der Waals surface area contributed by atoms with Gasteiger partial charge >= 0.3 is 0 Å². The summed E-state index contributed by atoms with van der Waals surface area (Å²) < 4.78 is 3.73. The third kappa shape index (κ3) is 3.11. The predicted octanol–water partition coefficient (Wildman–Crippen LogP) is 5.71. The predicted molar refractivity (Wildman–Crippen MR) is 122 cm³/mol. The quantitative estimate of drug-likeness (QED) is 0.381. The van der Waals surface area contributed by atoms with Crippen LogP contribution in [0.4, 0.5) is 0 Å².